The van der Waals surface area contributed by atoms with Crippen LogP contribution in [-0.4, -0.2) is 40.3 Å². The van der Waals surface area contributed by atoms with Gasteiger partial charge in [0.2, 0.25) is 5.78 Å². The average Bonchev–Trinajstić information content (AvgIpc) is 2.39. The Balaban J connectivity index is 2.31. The Hall–Kier alpha value is -1.29. The molecule has 0 N–H and O–H groups in total. The van der Waals surface area contributed by atoms with Crippen molar-refractivity contribution in [3.05, 3.63) is 24.3 Å². The van der Waals surface area contributed by atoms with Crippen LogP contribution in [0.4, 0.5) is 0 Å². The van der Waals surface area contributed by atoms with Crippen LogP contribution in [0.15, 0.2) is 18.6 Å². The lowest BCUT2D eigenvalue weighted by molar-refractivity contribution is 0.0558. The molecule has 0 atom stereocenters. The van der Waals surface area contributed by atoms with Crippen molar-refractivity contribution in [3.8, 4) is 0 Å². The monoisotopic (exact) mass is 233 g/mol. The first kappa shape index (κ1) is 12.2. The van der Waals surface area contributed by atoms with E-state index in [0.29, 0.717) is 5.69 Å². The quantitative estimate of drug-likeness (QED) is 0.748. The number of rotatable bonds is 3. The highest BCUT2D eigenvalue weighted by Crippen LogP contribution is 2.34. The Bertz CT molecular complexity index is 383. The summed E-state index contributed by atoms with van der Waals surface area (Å²) in [6.07, 6.45) is 10.1. The van der Waals surface area contributed by atoms with Gasteiger partial charge < -0.3 is 0 Å². The van der Waals surface area contributed by atoms with Crippen LogP contribution < -0.4 is 0 Å². The normalized spacial score (nSPS) is 19.2. The van der Waals surface area contributed by atoms with Gasteiger partial charge in [-0.15, -0.1) is 0 Å². The molecule has 1 aliphatic rings. The van der Waals surface area contributed by atoms with Crippen molar-refractivity contribution in [2.75, 3.05) is 14.1 Å². The molecule has 1 fully saturated rings. The number of likely N-dealkylation sites (N-methyl/N-ethyl adjacent to an activating group) is 1. The molecule has 0 saturated heterocycles. The summed E-state index contributed by atoms with van der Waals surface area (Å²) in [5, 5.41) is 0. The molecule has 92 valence electrons. The van der Waals surface area contributed by atoms with E-state index in [1.54, 1.807) is 18.6 Å². The van der Waals surface area contributed by atoms with Crippen molar-refractivity contribution in [1.82, 2.24) is 14.9 Å². The smallest absolute Gasteiger partial charge is 0.202 e. The highest BCUT2D eigenvalue weighted by Gasteiger charge is 2.42. The predicted octanol–water partition coefficient (Wildman–Crippen LogP) is 1.92. The summed E-state index contributed by atoms with van der Waals surface area (Å²) in [4.78, 5) is 22.8. The second kappa shape index (κ2) is 4.92. The number of nitrogens with zero attached hydrogens (tertiary/aromatic N) is 3. The molecule has 4 nitrogen and oxygen atoms in total. The molecule has 1 aromatic rings. The summed E-state index contributed by atoms with van der Waals surface area (Å²) >= 11 is 0. The summed E-state index contributed by atoms with van der Waals surface area (Å²) in [5.74, 6) is 0.121. The first-order valence-electron chi connectivity index (χ1n) is 6.15. The molecular weight excluding hydrogens is 214 g/mol. The Labute approximate surface area is 102 Å². The number of aromatic nitrogens is 2. The maximum Gasteiger partial charge on any atom is 0.202 e. The molecule has 4 heteroatoms. The van der Waals surface area contributed by atoms with Gasteiger partial charge in [-0.3, -0.25) is 14.7 Å². The van der Waals surface area contributed by atoms with Crippen LogP contribution in [0.5, 0.6) is 0 Å². The molecule has 0 aromatic carbocycles. The van der Waals surface area contributed by atoms with Gasteiger partial charge in [0, 0.05) is 12.4 Å². The summed E-state index contributed by atoms with van der Waals surface area (Å²) < 4.78 is 0. The van der Waals surface area contributed by atoms with E-state index in [1.807, 2.05) is 14.1 Å². The molecular formula is C13H19N3O. The fourth-order valence-electron chi connectivity index (χ4n) is 2.67. The molecule has 0 bridgehead atoms. The van der Waals surface area contributed by atoms with Crippen molar-refractivity contribution in [3.63, 3.8) is 0 Å². The van der Waals surface area contributed by atoms with Crippen LogP contribution in [-0.2, 0) is 0 Å². The summed E-state index contributed by atoms with van der Waals surface area (Å²) in [6, 6.07) is 0. The van der Waals surface area contributed by atoms with E-state index < -0.39 is 0 Å². The minimum absolute atomic E-state index is 0.121. The summed E-state index contributed by atoms with van der Waals surface area (Å²) in [5.41, 5.74) is 0.122. The Morgan fingerprint density at radius 3 is 2.47 bits per heavy atom. The number of carbonyl (C=O) groups excluding carboxylic acids is 1. The van der Waals surface area contributed by atoms with Crippen molar-refractivity contribution in [1.29, 1.82) is 0 Å². The SMILES string of the molecule is CN(C)C1(C(=O)c2cnccn2)CCCCC1. The van der Waals surface area contributed by atoms with E-state index in [-0.39, 0.29) is 11.3 Å². The predicted molar refractivity (Wildman–Crippen MR) is 65.9 cm³/mol. The fourth-order valence-corrected chi connectivity index (χ4v) is 2.67. The number of ketones is 1. The van der Waals surface area contributed by atoms with E-state index in [9.17, 15) is 4.79 Å². The average molecular weight is 233 g/mol. The van der Waals surface area contributed by atoms with E-state index in [4.69, 9.17) is 0 Å². The van der Waals surface area contributed by atoms with Crippen molar-refractivity contribution < 1.29 is 4.79 Å². The van der Waals surface area contributed by atoms with Crippen LogP contribution in [0, 0.1) is 0 Å². The van der Waals surface area contributed by atoms with Crippen molar-refractivity contribution >= 4 is 5.78 Å². The number of carbonyl (C=O) groups is 1. The van der Waals surface area contributed by atoms with Gasteiger partial charge in [0.05, 0.1) is 11.7 Å². The second-order valence-electron chi connectivity index (χ2n) is 4.91. The Morgan fingerprint density at radius 2 is 1.94 bits per heavy atom. The molecule has 1 aliphatic carbocycles. The van der Waals surface area contributed by atoms with Crippen LogP contribution >= 0.6 is 0 Å². The van der Waals surface area contributed by atoms with Crippen LogP contribution in [0.2, 0.25) is 0 Å². The van der Waals surface area contributed by atoms with Gasteiger partial charge in [0.15, 0.2) is 0 Å². The molecule has 1 aromatic heterocycles. The van der Waals surface area contributed by atoms with Crippen LogP contribution in [0.25, 0.3) is 0 Å². The van der Waals surface area contributed by atoms with Crippen LogP contribution in [0.1, 0.15) is 42.6 Å². The largest absolute Gasteiger partial charge is 0.297 e. The third kappa shape index (κ3) is 2.22. The fraction of sp³-hybridized carbons (Fsp3) is 0.615. The highest BCUT2D eigenvalue weighted by molar-refractivity contribution is 6.01. The maximum atomic E-state index is 12.6. The van der Waals surface area contributed by atoms with Gasteiger partial charge in [0.25, 0.3) is 0 Å². The van der Waals surface area contributed by atoms with Gasteiger partial charge in [0.1, 0.15) is 5.69 Å². The minimum Gasteiger partial charge on any atom is -0.297 e. The standard InChI is InChI=1S/C13H19N3O/c1-16(2)13(6-4-3-5-7-13)12(17)11-10-14-8-9-15-11/h8-10H,3-7H2,1-2H3. The topological polar surface area (TPSA) is 46.1 Å². The van der Waals surface area contributed by atoms with Gasteiger partial charge in [-0.2, -0.15) is 0 Å². The lowest BCUT2D eigenvalue weighted by atomic mass is 9.76. The van der Waals surface area contributed by atoms with Gasteiger partial charge in [-0.05, 0) is 26.9 Å². The second-order valence-corrected chi connectivity index (χ2v) is 4.91. The van der Waals surface area contributed by atoms with Crippen LogP contribution in [0.3, 0.4) is 0 Å². The Morgan fingerprint density at radius 1 is 1.24 bits per heavy atom. The molecule has 0 aliphatic heterocycles. The first-order valence-corrected chi connectivity index (χ1v) is 6.15. The third-order valence-corrected chi connectivity index (χ3v) is 3.76. The van der Waals surface area contributed by atoms with Crippen molar-refractivity contribution in [2.45, 2.75) is 37.6 Å². The summed E-state index contributed by atoms with van der Waals surface area (Å²) in [7, 11) is 3.97. The highest BCUT2D eigenvalue weighted by atomic mass is 16.1. The molecule has 17 heavy (non-hydrogen) atoms. The summed E-state index contributed by atoms with van der Waals surface area (Å²) in [6.45, 7) is 0. The minimum atomic E-state index is -0.367. The molecule has 2 rings (SSSR count). The maximum absolute atomic E-state index is 12.6. The van der Waals surface area contributed by atoms with E-state index in [0.717, 1.165) is 25.7 Å². The van der Waals surface area contributed by atoms with Crippen molar-refractivity contribution in [2.24, 2.45) is 0 Å². The van der Waals surface area contributed by atoms with E-state index in [2.05, 4.69) is 14.9 Å². The Kier molecular flexibility index (Phi) is 3.52. The van der Waals surface area contributed by atoms with Gasteiger partial charge in [-0.25, -0.2) is 4.98 Å². The molecule has 0 spiro atoms. The third-order valence-electron chi connectivity index (χ3n) is 3.76. The number of hydrogen-bond acceptors (Lipinski definition) is 4. The molecule has 0 amide bonds. The number of hydrogen-bond donors (Lipinski definition) is 0. The number of Topliss-reactive ketones (excluding diaryl/α,β-unsaturated/α-hetero) is 1. The zero-order chi connectivity index (χ0) is 12.3. The zero-order valence-electron chi connectivity index (χ0n) is 10.5. The lowest BCUT2D eigenvalue weighted by Gasteiger charge is -2.41. The molecule has 0 radical (unpaired) electrons. The van der Waals surface area contributed by atoms with E-state index in [1.165, 1.54) is 6.42 Å². The molecule has 1 heterocycles. The zero-order valence-corrected chi connectivity index (χ0v) is 10.5. The lowest BCUT2D eigenvalue weighted by Crippen LogP contribution is -2.52. The molecule has 1 saturated carbocycles. The van der Waals surface area contributed by atoms with Gasteiger partial charge >= 0.3 is 0 Å². The first-order chi connectivity index (χ1) is 8.17. The van der Waals surface area contributed by atoms with Gasteiger partial charge in [-0.1, -0.05) is 19.3 Å². The molecule has 0 unspecified atom stereocenters. The van der Waals surface area contributed by atoms with E-state index >= 15 is 0 Å².